The number of rotatable bonds is 11. The first kappa shape index (κ1) is 23.4. The van der Waals surface area contributed by atoms with Gasteiger partial charge in [0.2, 0.25) is 5.91 Å². The summed E-state index contributed by atoms with van der Waals surface area (Å²) in [5.74, 6) is 1.76. The lowest BCUT2D eigenvalue weighted by atomic mass is 10.1. The van der Waals surface area contributed by atoms with Crippen LogP contribution in [0.1, 0.15) is 31.7 Å². The molecule has 0 unspecified atom stereocenters. The molecule has 0 atom stereocenters. The monoisotopic (exact) mass is 449 g/mol. The van der Waals surface area contributed by atoms with Crippen LogP contribution in [-0.4, -0.2) is 39.6 Å². The summed E-state index contributed by atoms with van der Waals surface area (Å²) in [6.07, 6.45) is 0.951. The molecule has 8 heteroatoms. The van der Waals surface area contributed by atoms with Gasteiger partial charge in [0.25, 0.3) is 0 Å². The van der Waals surface area contributed by atoms with E-state index in [1.807, 2.05) is 60.9 Å². The standard InChI is InChI=1S/C24H27N5O2S/c1-3-28-22(17-19-9-6-5-7-10-19)26-27-24(28)32-18-23(30)29(16-8-15-25)20-11-13-21(14-12-20)31-4-2/h5-7,9-14H,3-4,8,16-18H2,1-2H3. The molecule has 0 aliphatic rings. The van der Waals surface area contributed by atoms with Gasteiger partial charge in [-0.2, -0.15) is 5.26 Å². The van der Waals surface area contributed by atoms with Crippen LogP contribution in [0.5, 0.6) is 5.75 Å². The molecule has 1 aromatic heterocycles. The molecule has 1 heterocycles. The number of anilines is 1. The first-order valence-electron chi connectivity index (χ1n) is 10.6. The van der Waals surface area contributed by atoms with Gasteiger partial charge in [-0.1, -0.05) is 42.1 Å². The first-order chi connectivity index (χ1) is 15.7. The fraction of sp³-hybridized carbons (Fsp3) is 0.333. The smallest absolute Gasteiger partial charge is 0.237 e. The van der Waals surface area contributed by atoms with Crippen molar-refractivity contribution >= 4 is 23.4 Å². The Morgan fingerprint density at radius 1 is 1.12 bits per heavy atom. The zero-order chi connectivity index (χ0) is 22.8. The van der Waals surface area contributed by atoms with E-state index in [0.717, 1.165) is 29.0 Å². The van der Waals surface area contributed by atoms with Crippen LogP contribution in [0, 0.1) is 11.3 Å². The average Bonchev–Trinajstić information content (AvgIpc) is 3.21. The number of benzene rings is 2. The molecule has 0 bridgehead atoms. The van der Waals surface area contributed by atoms with Crippen molar-refractivity contribution in [1.29, 1.82) is 5.26 Å². The number of amides is 1. The number of nitrogens with zero attached hydrogens (tertiary/aromatic N) is 5. The predicted octanol–water partition coefficient (Wildman–Crippen LogP) is 4.33. The molecule has 0 radical (unpaired) electrons. The summed E-state index contributed by atoms with van der Waals surface area (Å²) >= 11 is 1.37. The van der Waals surface area contributed by atoms with Gasteiger partial charge in [0.15, 0.2) is 5.16 Å². The first-order valence-corrected chi connectivity index (χ1v) is 11.6. The number of hydrogen-bond donors (Lipinski definition) is 0. The molecule has 0 spiro atoms. The molecule has 32 heavy (non-hydrogen) atoms. The second kappa shape index (κ2) is 11.9. The van der Waals surface area contributed by atoms with Gasteiger partial charge < -0.3 is 14.2 Å². The third-order valence-corrected chi connectivity index (χ3v) is 5.80. The number of thioether (sulfide) groups is 1. The van der Waals surface area contributed by atoms with Crippen molar-refractivity contribution in [1.82, 2.24) is 14.8 Å². The lowest BCUT2D eigenvalue weighted by Gasteiger charge is -2.22. The Bertz CT molecular complexity index is 1040. The Morgan fingerprint density at radius 3 is 2.53 bits per heavy atom. The molecule has 0 N–H and O–H groups in total. The van der Waals surface area contributed by atoms with E-state index < -0.39 is 0 Å². The highest BCUT2D eigenvalue weighted by Gasteiger charge is 2.19. The number of ether oxygens (including phenoxy) is 1. The van der Waals surface area contributed by atoms with Gasteiger partial charge in [-0.25, -0.2) is 0 Å². The van der Waals surface area contributed by atoms with Gasteiger partial charge in [-0.05, 0) is 43.7 Å². The van der Waals surface area contributed by atoms with Crippen LogP contribution in [0.3, 0.4) is 0 Å². The molecule has 0 aliphatic heterocycles. The van der Waals surface area contributed by atoms with E-state index in [1.165, 1.54) is 17.3 Å². The van der Waals surface area contributed by atoms with E-state index in [1.54, 1.807) is 4.90 Å². The Morgan fingerprint density at radius 2 is 1.88 bits per heavy atom. The van der Waals surface area contributed by atoms with Gasteiger partial charge in [0.1, 0.15) is 11.6 Å². The van der Waals surface area contributed by atoms with Gasteiger partial charge in [0, 0.05) is 25.2 Å². The average molecular weight is 450 g/mol. The van der Waals surface area contributed by atoms with E-state index in [-0.39, 0.29) is 18.1 Å². The molecule has 166 valence electrons. The molecule has 0 aliphatic carbocycles. The van der Waals surface area contributed by atoms with Gasteiger partial charge >= 0.3 is 0 Å². The van der Waals surface area contributed by atoms with Crippen molar-refractivity contribution in [3.8, 4) is 11.8 Å². The van der Waals surface area contributed by atoms with Crippen molar-refractivity contribution in [2.24, 2.45) is 0 Å². The normalized spacial score (nSPS) is 10.5. The zero-order valence-corrected chi connectivity index (χ0v) is 19.2. The molecule has 0 fully saturated rings. The van der Waals surface area contributed by atoms with Crippen molar-refractivity contribution in [3.63, 3.8) is 0 Å². The maximum Gasteiger partial charge on any atom is 0.237 e. The van der Waals surface area contributed by atoms with Crippen LogP contribution in [-0.2, 0) is 17.8 Å². The van der Waals surface area contributed by atoms with Gasteiger partial charge in [0.05, 0.1) is 24.8 Å². The Hall–Kier alpha value is -3.31. The van der Waals surface area contributed by atoms with E-state index >= 15 is 0 Å². The largest absolute Gasteiger partial charge is 0.494 e. The third-order valence-electron chi connectivity index (χ3n) is 4.85. The highest BCUT2D eigenvalue weighted by Crippen LogP contribution is 2.23. The van der Waals surface area contributed by atoms with E-state index in [2.05, 4.69) is 28.4 Å². The van der Waals surface area contributed by atoms with Gasteiger partial charge in [-0.3, -0.25) is 4.79 Å². The molecule has 3 aromatic rings. The number of carbonyl (C=O) groups is 1. The molecule has 0 saturated carbocycles. The molecular weight excluding hydrogens is 422 g/mol. The highest BCUT2D eigenvalue weighted by molar-refractivity contribution is 7.99. The van der Waals surface area contributed by atoms with Crippen LogP contribution in [0.2, 0.25) is 0 Å². The lowest BCUT2D eigenvalue weighted by molar-refractivity contribution is -0.116. The molecule has 0 saturated heterocycles. The van der Waals surface area contributed by atoms with Crippen LogP contribution >= 0.6 is 11.8 Å². The summed E-state index contributed by atoms with van der Waals surface area (Å²) in [6, 6.07) is 19.6. The van der Waals surface area contributed by atoms with Crippen LogP contribution < -0.4 is 9.64 Å². The predicted molar refractivity (Wildman–Crippen MR) is 126 cm³/mol. The number of carbonyl (C=O) groups excluding carboxylic acids is 1. The van der Waals surface area contributed by atoms with Crippen molar-refractivity contribution in [2.45, 2.75) is 38.4 Å². The SMILES string of the molecule is CCOc1ccc(N(CCC#N)C(=O)CSc2nnc(Cc3ccccc3)n2CC)cc1. The summed E-state index contributed by atoms with van der Waals surface area (Å²) < 4.78 is 7.52. The summed E-state index contributed by atoms with van der Waals surface area (Å²) in [5.41, 5.74) is 1.91. The summed E-state index contributed by atoms with van der Waals surface area (Å²) in [5, 5.41) is 18.4. The minimum atomic E-state index is -0.0790. The Kier molecular flexibility index (Phi) is 8.70. The minimum absolute atomic E-state index is 0.0790. The van der Waals surface area contributed by atoms with Gasteiger partial charge in [-0.15, -0.1) is 10.2 Å². The second-order valence-electron chi connectivity index (χ2n) is 6.97. The maximum absolute atomic E-state index is 13.0. The quantitative estimate of drug-likeness (QED) is 0.405. The second-order valence-corrected chi connectivity index (χ2v) is 7.92. The topological polar surface area (TPSA) is 84.0 Å². The molecule has 1 amide bonds. The lowest BCUT2D eigenvalue weighted by Crippen LogP contribution is -2.33. The summed E-state index contributed by atoms with van der Waals surface area (Å²) in [7, 11) is 0. The molecule has 7 nitrogen and oxygen atoms in total. The molecule has 2 aromatic carbocycles. The maximum atomic E-state index is 13.0. The van der Waals surface area contributed by atoms with Crippen molar-refractivity contribution < 1.29 is 9.53 Å². The van der Waals surface area contributed by atoms with Crippen LogP contribution in [0.15, 0.2) is 59.8 Å². The number of aromatic nitrogens is 3. The summed E-state index contributed by atoms with van der Waals surface area (Å²) in [4.78, 5) is 14.7. The summed E-state index contributed by atoms with van der Waals surface area (Å²) in [6.45, 7) is 5.61. The highest BCUT2D eigenvalue weighted by atomic mass is 32.2. The van der Waals surface area contributed by atoms with E-state index in [0.29, 0.717) is 19.6 Å². The Balaban J connectivity index is 1.69. The van der Waals surface area contributed by atoms with Crippen molar-refractivity contribution in [2.75, 3.05) is 23.8 Å². The van der Waals surface area contributed by atoms with Crippen LogP contribution in [0.4, 0.5) is 5.69 Å². The van der Waals surface area contributed by atoms with E-state index in [4.69, 9.17) is 10.00 Å². The van der Waals surface area contributed by atoms with Crippen LogP contribution in [0.25, 0.3) is 0 Å². The fourth-order valence-corrected chi connectivity index (χ4v) is 4.20. The minimum Gasteiger partial charge on any atom is -0.494 e. The zero-order valence-electron chi connectivity index (χ0n) is 18.4. The van der Waals surface area contributed by atoms with Crippen molar-refractivity contribution in [3.05, 3.63) is 66.0 Å². The number of nitriles is 1. The van der Waals surface area contributed by atoms with E-state index in [9.17, 15) is 4.79 Å². The fourth-order valence-electron chi connectivity index (χ4n) is 3.31. The Labute approximate surface area is 193 Å². The molecule has 3 rings (SSSR count). The number of hydrogen-bond acceptors (Lipinski definition) is 6. The molecular formula is C24H27N5O2S. The third kappa shape index (κ3) is 6.11.